The molecule has 2 aliphatic heterocycles. The summed E-state index contributed by atoms with van der Waals surface area (Å²) in [5.41, 5.74) is 0.454. The molecule has 0 aromatic heterocycles. The Morgan fingerprint density at radius 2 is 1.70 bits per heavy atom. The van der Waals surface area contributed by atoms with Crippen molar-refractivity contribution in [3.8, 4) is 5.75 Å². The SMILES string of the molecule is COCCN1C(=O)CS(=O)(=O)C12CCN(C(=O)C1(c3ccc(OC)cc3)CC1)CC2. The van der Waals surface area contributed by atoms with E-state index in [2.05, 4.69) is 0 Å². The van der Waals surface area contributed by atoms with Crippen molar-refractivity contribution >= 4 is 21.7 Å². The molecule has 0 atom stereocenters. The van der Waals surface area contributed by atoms with Crippen molar-refractivity contribution in [3.05, 3.63) is 29.8 Å². The van der Waals surface area contributed by atoms with Gasteiger partial charge in [-0.3, -0.25) is 9.59 Å². The highest BCUT2D eigenvalue weighted by Gasteiger charge is 2.60. The minimum Gasteiger partial charge on any atom is -0.497 e. The predicted octanol–water partition coefficient (Wildman–Crippen LogP) is 0.949. The lowest BCUT2D eigenvalue weighted by atomic mass is 9.92. The highest BCUT2D eigenvalue weighted by Crippen LogP contribution is 2.51. The number of benzene rings is 1. The Labute approximate surface area is 177 Å². The number of ether oxygens (including phenoxy) is 2. The third kappa shape index (κ3) is 3.19. The normalized spacial score (nSPS) is 23.6. The fourth-order valence-electron chi connectivity index (χ4n) is 4.88. The van der Waals surface area contributed by atoms with Crippen molar-refractivity contribution in [2.45, 2.75) is 36.0 Å². The number of methoxy groups -OCH3 is 2. The molecule has 1 aromatic carbocycles. The number of piperidine rings is 1. The van der Waals surface area contributed by atoms with Gasteiger partial charge < -0.3 is 19.3 Å². The number of rotatable bonds is 6. The second kappa shape index (κ2) is 7.53. The lowest BCUT2D eigenvalue weighted by molar-refractivity contribution is -0.137. The van der Waals surface area contributed by atoms with Crippen LogP contribution in [-0.2, 0) is 29.6 Å². The molecule has 2 heterocycles. The number of likely N-dealkylation sites (tertiary alicyclic amines) is 1. The van der Waals surface area contributed by atoms with Crippen LogP contribution in [-0.4, -0.2) is 81.1 Å². The Morgan fingerprint density at radius 1 is 1.07 bits per heavy atom. The van der Waals surface area contributed by atoms with Crippen LogP contribution in [0.1, 0.15) is 31.2 Å². The topological polar surface area (TPSA) is 93.2 Å². The van der Waals surface area contributed by atoms with Crippen LogP contribution in [0.3, 0.4) is 0 Å². The van der Waals surface area contributed by atoms with Gasteiger partial charge in [-0.1, -0.05) is 12.1 Å². The third-order valence-electron chi connectivity index (χ3n) is 6.84. The van der Waals surface area contributed by atoms with Gasteiger partial charge in [0.25, 0.3) is 0 Å². The Morgan fingerprint density at radius 3 is 2.23 bits per heavy atom. The van der Waals surface area contributed by atoms with Crippen molar-refractivity contribution in [2.75, 3.05) is 46.2 Å². The summed E-state index contributed by atoms with van der Waals surface area (Å²) in [5.74, 6) is -0.0361. The van der Waals surface area contributed by atoms with Gasteiger partial charge in [-0.25, -0.2) is 8.42 Å². The van der Waals surface area contributed by atoms with Gasteiger partial charge in [-0.15, -0.1) is 0 Å². The van der Waals surface area contributed by atoms with Crippen LogP contribution in [0.5, 0.6) is 5.75 Å². The van der Waals surface area contributed by atoms with Gasteiger partial charge in [0.05, 0.1) is 19.1 Å². The van der Waals surface area contributed by atoms with E-state index in [9.17, 15) is 18.0 Å². The Kier molecular flexibility index (Phi) is 5.30. The summed E-state index contributed by atoms with van der Waals surface area (Å²) in [5, 5.41) is 0. The van der Waals surface area contributed by atoms with Crippen LogP contribution in [0.25, 0.3) is 0 Å². The molecule has 2 saturated heterocycles. The lowest BCUT2D eigenvalue weighted by Crippen LogP contribution is -2.58. The van der Waals surface area contributed by atoms with Crippen molar-refractivity contribution in [1.29, 1.82) is 0 Å². The molecule has 1 aliphatic carbocycles. The molecule has 1 spiro atoms. The van der Waals surface area contributed by atoms with E-state index in [1.54, 1.807) is 12.0 Å². The lowest BCUT2D eigenvalue weighted by Gasteiger charge is -2.44. The minimum absolute atomic E-state index is 0.0488. The molecule has 1 saturated carbocycles. The number of hydrogen-bond acceptors (Lipinski definition) is 6. The summed E-state index contributed by atoms with van der Waals surface area (Å²) in [6.45, 7) is 1.18. The molecule has 3 fully saturated rings. The first-order valence-corrected chi connectivity index (χ1v) is 11.9. The number of sulfone groups is 1. The first-order valence-electron chi connectivity index (χ1n) is 10.3. The number of carbonyl (C=O) groups is 2. The summed E-state index contributed by atoms with van der Waals surface area (Å²) >= 11 is 0. The van der Waals surface area contributed by atoms with E-state index in [1.165, 1.54) is 12.0 Å². The zero-order chi connectivity index (χ0) is 21.6. The summed E-state index contributed by atoms with van der Waals surface area (Å²) in [6.07, 6.45) is 2.07. The summed E-state index contributed by atoms with van der Waals surface area (Å²) in [6, 6.07) is 7.58. The maximum absolute atomic E-state index is 13.4. The molecule has 3 aliphatic rings. The van der Waals surface area contributed by atoms with Crippen molar-refractivity contribution in [2.24, 2.45) is 0 Å². The van der Waals surface area contributed by atoms with Crippen LogP contribution in [0.2, 0.25) is 0 Å². The molecule has 4 rings (SSSR count). The molecule has 0 unspecified atom stereocenters. The van der Waals surface area contributed by atoms with Gasteiger partial charge in [-0.05, 0) is 30.5 Å². The Bertz CT molecular complexity index is 931. The highest BCUT2D eigenvalue weighted by molar-refractivity contribution is 7.93. The average molecular weight is 437 g/mol. The molecular formula is C21H28N2O6S. The molecule has 9 heteroatoms. The largest absolute Gasteiger partial charge is 0.497 e. The van der Waals surface area contributed by atoms with Gasteiger partial charge in [0.1, 0.15) is 16.4 Å². The van der Waals surface area contributed by atoms with Gasteiger partial charge in [0.15, 0.2) is 9.84 Å². The minimum atomic E-state index is -3.60. The highest BCUT2D eigenvalue weighted by atomic mass is 32.2. The van der Waals surface area contributed by atoms with Crippen LogP contribution in [0.4, 0.5) is 0 Å². The second-order valence-electron chi connectivity index (χ2n) is 8.35. The maximum atomic E-state index is 13.4. The van der Waals surface area contributed by atoms with E-state index in [0.717, 1.165) is 24.2 Å². The molecule has 30 heavy (non-hydrogen) atoms. The monoisotopic (exact) mass is 436 g/mol. The van der Waals surface area contributed by atoms with E-state index >= 15 is 0 Å². The molecule has 0 bridgehead atoms. The number of carbonyl (C=O) groups excluding carboxylic acids is 2. The van der Waals surface area contributed by atoms with Gasteiger partial charge in [0, 0.05) is 39.6 Å². The summed E-state index contributed by atoms with van der Waals surface area (Å²) in [4.78, 5) is 27.8. The smallest absolute Gasteiger partial charge is 0.239 e. The Balaban J connectivity index is 1.51. The van der Waals surface area contributed by atoms with E-state index in [1.807, 2.05) is 24.3 Å². The zero-order valence-electron chi connectivity index (χ0n) is 17.4. The van der Waals surface area contributed by atoms with Crippen molar-refractivity contribution < 1.29 is 27.5 Å². The molecule has 0 radical (unpaired) electrons. The van der Waals surface area contributed by atoms with Crippen LogP contribution >= 0.6 is 0 Å². The molecule has 164 valence electrons. The number of hydrogen-bond donors (Lipinski definition) is 0. The second-order valence-corrected chi connectivity index (χ2v) is 10.6. The maximum Gasteiger partial charge on any atom is 0.239 e. The third-order valence-corrected chi connectivity index (χ3v) is 9.25. The van der Waals surface area contributed by atoms with Crippen LogP contribution in [0, 0.1) is 0 Å². The predicted molar refractivity (Wildman–Crippen MR) is 110 cm³/mol. The van der Waals surface area contributed by atoms with E-state index in [4.69, 9.17) is 9.47 Å². The first-order chi connectivity index (χ1) is 14.3. The summed E-state index contributed by atoms with van der Waals surface area (Å²) in [7, 11) is -0.468. The zero-order valence-corrected chi connectivity index (χ0v) is 18.2. The number of nitrogens with zero attached hydrogens (tertiary/aromatic N) is 2. The van der Waals surface area contributed by atoms with Gasteiger partial charge in [-0.2, -0.15) is 0 Å². The molecule has 2 amide bonds. The van der Waals surface area contributed by atoms with Crippen molar-refractivity contribution in [3.63, 3.8) is 0 Å². The molecule has 0 N–H and O–H groups in total. The van der Waals surface area contributed by atoms with E-state index in [-0.39, 0.29) is 37.8 Å². The van der Waals surface area contributed by atoms with Crippen LogP contribution < -0.4 is 4.74 Å². The first kappa shape index (κ1) is 21.1. The quantitative estimate of drug-likeness (QED) is 0.659. The van der Waals surface area contributed by atoms with Gasteiger partial charge >= 0.3 is 0 Å². The molecule has 8 nitrogen and oxygen atoms in total. The Hall–Kier alpha value is -2.13. The van der Waals surface area contributed by atoms with Crippen molar-refractivity contribution in [1.82, 2.24) is 9.80 Å². The average Bonchev–Trinajstić information content (AvgIpc) is 3.52. The summed E-state index contributed by atoms with van der Waals surface area (Å²) < 4.78 is 36.0. The van der Waals surface area contributed by atoms with E-state index in [0.29, 0.717) is 13.1 Å². The van der Waals surface area contributed by atoms with Crippen LogP contribution in [0.15, 0.2) is 24.3 Å². The standard InChI is InChI=1S/C21H28N2O6S/c1-28-14-13-23-18(24)15-30(26,27)21(23)9-11-22(12-10-21)19(25)20(7-8-20)16-3-5-17(29-2)6-4-16/h3-6H,7-15H2,1-2H3. The fourth-order valence-corrected chi connectivity index (χ4v) is 6.97. The molecule has 1 aromatic rings. The van der Waals surface area contributed by atoms with E-state index < -0.39 is 25.9 Å². The molecular weight excluding hydrogens is 408 g/mol. The fraction of sp³-hybridized carbons (Fsp3) is 0.619. The van der Waals surface area contributed by atoms with Gasteiger partial charge in [0.2, 0.25) is 11.8 Å². The number of amides is 2.